The minimum Gasteiger partial charge on any atom is -0.355 e. The predicted molar refractivity (Wildman–Crippen MR) is 86.8 cm³/mol. The van der Waals surface area contributed by atoms with Gasteiger partial charge in [-0.15, -0.1) is 0 Å². The number of aryl methyl sites for hydroxylation is 1. The summed E-state index contributed by atoms with van der Waals surface area (Å²) in [6.07, 6.45) is 7.04. The van der Waals surface area contributed by atoms with Crippen molar-refractivity contribution in [3.8, 4) is 11.4 Å². The molecule has 5 heteroatoms. The van der Waals surface area contributed by atoms with Crippen molar-refractivity contribution in [2.75, 3.05) is 29.5 Å². The average molecular weight is 298 g/mol. The highest BCUT2D eigenvalue weighted by atomic mass is 32.2. The van der Waals surface area contributed by atoms with Crippen LogP contribution in [-0.2, 0) is 12.8 Å². The maximum Gasteiger partial charge on any atom is 0.161 e. The van der Waals surface area contributed by atoms with Crippen LogP contribution in [0.2, 0.25) is 0 Å². The predicted octanol–water partition coefficient (Wildman–Crippen LogP) is 2.58. The lowest BCUT2D eigenvalue weighted by atomic mass is 10.2. The quantitative estimate of drug-likeness (QED) is 0.852. The number of anilines is 1. The number of pyridine rings is 1. The lowest BCUT2D eigenvalue weighted by Gasteiger charge is -2.29. The molecule has 0 atom stereocenters. The lowest BCUT2D eigenvalue weighted by molar-refractivity contribution is 0.823. The van der Waals surface area contributed by atoms with E-state index in [0.29, 0.717) is 0 Å². The van der Waals surface area contributed by atoms with Crippen molar-refractivity contribution >= 4 is 17.6 Å². The summed E-state index contributed by atoms with van der Waals surface area (Å²) in [7, 11) is 0. The summed E-state index contributed by atoms with van der Waals surface area (Å²) in [6.45, 7) is 2.20. The zero-order valence-electron chi connectivity index (χ0n) is 12.0. The minimum atomic E-state index is 0.853. The summed E-state index contributed by atoms with van der Waals surface area (Å²) in [4.78, 5) is 16.3. The molecular weight excluding hydrogens is 280 g/mol. The second-order valence-corrected chi connectivity index (χ2v) is 6.71. The Morgan fingerprint density at radius 2 is 1.81 bits per heavy atom. The number of hydrogen-bond acceptors (Lipinski definition) is 5. The summed E-state index contributed by atoms with van der Waals surface area (Å²) in [5.41, 5.74) is 3.71. The highest BCUT2D eigenvalue weighted by Crippen LogP contribution is 2.32. The minimum absolute atomic E-state index is 0.853. The molecule has 1 aliphatic heterocycles. The fourth-order valence-electron chi connectivity index (χ4n) is 3.08. The zero-order chi connectivity index (χ0) is 14.1. The maximum absolute atomic E-state index is 4.92. The van der Waals surface area contributed by atoms with Gasteiger partial charge in [0.25, 0.3) is 0 Å². The molecule has 0 spiro atoms. The van der Waals surface area contributed by atoms with E-state index in [1.807, 2.05) is 36.3 Å². The first-order chi connectivity index (χ1) is 10.4. The Hall–Kier alpha value is -1.62. The van der Waals surface area contributed by atoms with Crippen LogP contribution in [0.25, 0.3) is 11.4 Å². The first-order valence-corrected chi connectivity index (χ1v) is 8.70. The molecule has 0 amide bonds. The Morgan fingerprint density at radius 3 is 2.62 bits per heavy atom. The van der Waals surface area contributed by atoms with Crippen molar-refractivity contribution < 1.29 is 0 Å². The van der Waals surface area contributed by atoms with Crippen molar-refractivity contribution in [1.82, 2.24) is 15.0 Å². The Labute approximate surface area is 129 Å². The first kappa shape index (κ1) is 13.1. The summed E-state index contributed by atoms with van der Waals surface area (Å²) in [5.74, 6) is 4.43. The molecule has 1 aliphatic carbocycles. The molecule has 0 saturated carbocycles. The molecule has 2 aromatic rings. The largest absolute Gasteiger partial charge is 0.355 e. The van der Waals surface area contributed by atoms with Gasteiger partial charge in [-0.1, -0.05) is 0 Å². The number of aromatic nitrogens is 3. The molecule has 2 aromatic heterocycles. The van der Waals surface area contributed by atoms with Gasteiger partial charge in [-0.3, -0.25) is 4.98 Å². The van der Waals surface area contributed by atoms with Gasteiger partial charge in [0.1, 0.15) is 5.82 Å². The van der Waals surface area contributed by atoms with Crippen molar-refractivity contribution in [2.45, 2.75) is 19.3 Å². The van der Waals surface area contributed by atoms with Crippen molar-refractivity contribution in [1.29, 1.82) is 0 Å². The number of rotatable bonds is 2. The lowest BCUT2D eigenvalue weighted by Crippen LogP contribution is -2.34. The molecule has 1 fully saturated rings. The molecule has 0 unspecified atom stereocenters. The standard InChI is InChI=1S/C16H18N4S/c1-2-13-14(3-1)18-15(12-4-6-17-7-5-12)19-16(13)20-8-10-21-11-9-20/h4-7H,1-3,8-11H2. The Bertz CT molecular complexity index is 638. The van der Waals surface area contributed by atoms with Crippen LogP contribution in [0.1, 0.15) is 17.7 Å². The second kappa shape index (κ2) is 5.64. The van der Waals surface area contributed by atoms with Crippen molar-refractivity contribution in [2.24, 2.45) is 0 Å². The molecule has 0 aromatic carbocycles. The number of nitrogens with zero attached hydrogens (tertiary/aromatic N) is 4. The van der Waals surface area contributed by atoms with Gasteiger partial charge in [0, 0.05) is 53.8 Å². The van der Waals surface area contributed by atoms with E-state index in [2.05, 4.69) is 9.88 Å². The SMILES string of the molecule is c1cc(-c2nc3c(c(N4CCSCC4)n2)CCC3)ccn1. The van der Waals surface area contributed by atoms with E-state index in [1.54, 1.807) is 0 Å². The van der Waals surface area contributed by atoms with E-state index in [9.17, 15) is 0 Å². The molecule has 0 bridgehead atoms. The van der Waals surface area contributed by atoms with Gasteiger partial charge in [0.05, 0.1) is 0 Å². The molecular formula is C16H18N4S. The normalized spacial score (nSPS) is 17.8. The molecule has 4 rings (SSSR count). The molecule has 21 heavy (non-hydrogen) atoms. The van der Waals surface area contributed by atoms with Gasteiger partial charge >= 0.3 is 0 Å². The van der Waals surface area contributed by atoms with Gasteiger partial charge in [-0.25, -0.2) is 9.97 Å². The van der Waals surface area contributed by atoms with Gasteiger partial charge in [-0.05, 0) is 31.4 Å². The van der Waals surface area contributed by atoms with Crippen LogP contribution >= 0.6 is 11.8 Å². The highest BCUT2D eigenvalue weighted by Gasteiger charge is 2.24. The summed E-state index contributed by atoms with van der Waals surface area (Å²) < 4.78 is 0. The fraction of sp³-hybridized carbons (Fsp3) is 0.438. The van der Waals surface area contributed by atoms with Crippen LogP contribution in [0.15, 0.2) is 24.5 Å². The Balaban J connectivity index is 1.80. The zero-order valence-corrected chi connectivity index (χ0v) is 12.8. The third kappa shape index (κ3) is 2.50. The van der Waals surface area contributed by atoms with Gasteiger partial charge in [0.15, 0.2) is 5.82 Å². The van der Waals surface area contributed by atoms with Gasteiger partial charge in [-0.2, -0.15) is 11.8 Å². The molecule has 1 saturated heterocycles. The van der Waals surface area contributed by atoms with Gasteiger partial charge < -0.3 is 4.90 Å². The molecule has 4 nitrogen and oxygen atoms in total. The van der Waals surface area contributed by atoms with Crippen molar-refractivity contribution in [3.05, 3.63) is 35.8 Å². The van der Waals surface area contributed by atoms with Crippen LogP contribution in [0.4, 0.5) is 5.82 Å². The summed E-state index contributed by atoms with van der Waals surface area (Å²) >= 11 is 2.03. The highest BCUT2D eigenvalue weighted by molar-refractivity contribution is 7.99. The molecule has 0 radical (unpaired) electrons. The van der Waals surface area contributed by atoms with Gasteiger partial charge in [0.2, 0.25) is 0 Å². The topological polar surface area (TPSA) is 41.9 Å². The summed E-state index contributed by atoms with van der Waals surface area (Å²) in [5, 5.41) is 0. The Morgan fingerprint density at radius 1 is 1.00 bits per heavy atom. The van der Waals surface area contributed by atoms with E-state index in [0.717, 1.165) is 37.3 Å². The van der Waals surface area contributed by atoms with E-state index >= 15 is 0 Å². The number of fused-ring (bicyclic) bond motifs is 1. The average Bonchev–Trinajstić information content (AvgIpc) is 3.04. The van der Waals surface area contributed by atoms with E-state index in [-0.39, 0.29) is 0 Å². The van der Waals surface area contributed by atoms with Crippen LogP contribution < -0.4 is 4.90 Å². The van der Waals surface area contributed by atoms with E-state index in [1.165, 1.54) is 35.0 Å². The summed E-state index contributed by atoms with van der Waals surface area (Å²) in [6, 6.07) is 3.99. The first-order valence-electron chi connectivity index (χ1n) is 7.55. The molecule has 108 valence electrons. The van der Waals surface area contributed by atoms with Crippen molar-refractivity contribution in [3.63, 3.8) is 0 Å². The van der Waals surface area contributed by atoms with Crippen LogP contribution in [0.5, 0.6) is 0 Å². The third-order valence-electron chi connectivity index (χ3n) is 4.16. The molecule has 2 aliphatic rings. The monoisotopic (exact) mass is 298 g/mol. The second-order valence-electron chi connectivity index (χ2n) is 5.48. The Kier molecular flexibility index (Phi) is 3.51. The van der Waals surface area contributed by atoms with E-state index < -0.39 is 0 Å². The van der Waals surface area contributed by atoms with E-state index in [4.69, 9.17) is 9.97 Å². The number of hydrogen-bond donors (Lipinski definition) is 0. The maximum atomic E-state index is 4.92. The third-order valence-corrected chi connectivity index (χ3v) is 5.10. The smallest absolute Gasteiger partial charge is 0.161 e. The number of thioether (sulfide) groups is 1. The fourth-order valence-corrected chi connectivity index (χ4v) is 3.98. The molecule has 0 N–H and O–H groups in total. The van der Waals surface area contributed by atoms with Crippen LogP contribution in [0, 0.1) is 0 Å². The molecule has 3 heterocycles. The van der Waals surface area contributed by atoms with Crippen LogP contribution in [-0.4, -0.2) is 39.5 Å². The van der Waals surface area contributed by atoms with Crippen LogP contribution in [0.3, 0.4) is 0 Å².